The van der Waals surface area contributed by atoms with E-state index in [0.29, 0.717) is 16.9 Å². The Morgan fingerprint density at radius 3 is 1.92 bits per heavy atom. The molecule has 0 spiro atoms. The number of aryl methyl sites for hydroxylation is 2. The molecule has 0 aliphatic heterocycles. The first-order valence-corrected chi connectivity index (χ1v) is 10.7. The minimum atomic E-state index is -4.13. The van der Waals surface area contributed by atoms with Crippen LogP contribution in [-0.2, 0) is 20.0 Å². The van der Waals surface area contributed by atoms with E-state index < -0.39 is 20.0 Å². The van der Waals surface area contributed by atoms with Gasteiger partial charge in [0, 0.05) is 6.07 Å². The van der Waals surface area contributed by atoms with Crippen LogP contribution in [0.3, 0.4) is 0 Å². The van der Waals surface area contributed by atoms with Gasteiger partial charge in [-0.3, -0.25) is 4.72 Å². The van der Waals surface area contributed by atoms with Crippen molar-refractivity contribution >= 4 is 25.7 Å². The smallest absolute Gasteiger partial charge is 0.262 e. The van der Waals surface area contributed by atoms with Gasteiger partial charge in [0.1, 0.15) is 10.6 Å². The number of benzene rings is 2. The molecule has 0 heterocycles. The van der Waals surface area contributed by atoms with Gasteiger partial charge in [-0.2, -0.15) is 0 Å². The van der Waals surface area contributed by atoms with Crippen molar-refractivity contribution in [2.24, 2.45) is 5.14 Å². The largest absolute Gasteiger partial charge is 0.497 e. The Hall–Kier alpha value is -2.10. The average molecular weight is 399 g/mol. The van der Waals surface area contributed by atoms with Crippen LogP contribution in [0.5, 0.6) is 5.75 Å². The molecule has 0 saturated carbocycles. The maximum Gasteiger partial charge on any atom is 0.262 e. The highest BCUT2D eigenvalue weighted by molar-refractivity contribution is 7.93. The Balaban J connectivity index is 2.69. The van der Waals surface area contributed by atoms with Crippen molar-refractivity contribution in [2.45, 2.75) is 37.5 Å². The zero-order valence-electron chi connectivity index (χ0n) is 15.2. The summed E-state index contributed by atoms with van der Waals surface area (Å²) in [6.45, 7) is 7.06. The molecule has 2 aromatic carbocycles. The number of sulfonamides is 2. The molecule has 9 heteroatoms. The fraction of sp³-hybridized carbons (Fsp3) is 0.294. The van der Waals surface area contributed by atoms with Crippen molar-refractivity contribution in [3.05, 3.63) is 46.5 Å². The molecule has 2 rings (SSSR count). The van der Waals surface area contributed by atoms with Crippen LogP contribution in [0.1, 0.15) is 22.3 Å². The van der Waals surface area contributed by atoms with Crippen molar-refractivity contribution in [1.82, 2.24) is 0 Å². The Bertz CT molecular complexity index is 1050. The third-order valence-electron chi connectivity index (χ3n) is 4.30. The quantitative estimate of drug-likeness (QED) is 0.802. The van der Waals surface area contributed by atoms with Crippen molar-refractivity contribution in [2.75, 3.05) is 11.8 Å². The summed E-state index contributed by atoms with van der Waals surface area (Å²) in [5, 5.41) is 5.21. The molecule has 0 atom stereocenters. The van der Waals surface area contributed by atoms with Crippen LogP contribution >= 0.6 is 0 Å². The summed E-state index contributed by atoms with van der Waals surface area (Å²) in [6.07, 6.45) is 0. The van der Waals surface area contributed by atoms with Crippen LogP contribution in [0.25, 0.3) is 0 Å². The van der Waals surface area contributed by atoms with E-state index >= 15 is 0 Å². The van der Waals surface area contributed by atoms with Gasteiger partial charge in [0.05, 0.1) is 17.7 Å². The fourth-order valence-electron chi connectivity index (χ4n) is 2.74. The second-order valence-corrected chi connectivity index (χ2v) is 9.25. The molecule has 0 aliphatic carbocycles. The van der Waals surface area contributed by atoms with Gasteiger partial charge in [0.25, 0.3) is 10.0 Å². The molecule has 26 heavy (non-hydrogen) atoms. The topological polar surface area (TPSA) is 116 Å². The first kappa shape index (κ1) is 20.2. The molecular formula is C17H22N2O5S2. The lowest BCUT2D eigenvalue weighted by Crippen LogP contribution is -2.20. The van der Waals surface area contributed by atoms with Crippen LogP contribution in [0, 0.1) is 27.7 Å². The van der Waals surface area contributed by atoms with Crippen molar-refractivity contribution in [3.63, 3.8) is 0 Å². The predicted molar refractivity (Wildman–Crippen MR) is 101 cm³/mol. The summed E-state index contributed by atoms with van der Waals surface area (Å²) in [6, 6.07) is 5.79. The first-order chi connectivity index (χ1) is 11.9. The number of hydrogen-bond donors (Lipinski definition) is 2. The van der Waals surface area contributed by atoms with Gasteiger partial charge < -0.3 is 4.74 Å². The number of nitrogens with two attached hydrogens (primary N) is 1. The monoisotopic (exact) mass is 398 g/mol. The molecule has 3 N–H and O–H groups in total. The summed E-state index contributed by atoms with van der Waals surface area (Å²) >= 11 is 0. The number of primary sulfonamides is 1. The van der Waals surface area contributed by atoms with Gasteiger partial charge >= 0.3 is 0 Å². The lowest BCUT2D eigenvalue weighted by atomic mass is 10.0. The molecule has 0 radical (unpaired) electrons. The van der Waals surface area contributed by atoms with E-state index in [-0.39, 0.29) is 15.5 Å². The molecule has 0 unspecified atom stereocenters. The van der Waals surface area contributed by atoms with Gasteiger partial charge in [-0.15, -0.1) is 0 Å². The van der Waals surface area contributed by atoms with Crippen LogP contribution in [0.2, 0.25) is 0 Å². The molecule has 0 amide bonds. The van der Waals surface area contributed by atoms with Crippen LogP contribution in [0.15, 0.2) is 34.1 Å². The van der Waals surface area contributed by atoms with Gasteiger partial charge in [-0.25, -0.2) is 22.0 Å². The summed E-state index contributed by atoms with van der Waals surface area (Å²) < 4.78 is 57.1. The molecular weight excluding hydrogens is 376 g/mol. The molecule has 2 aromatic rings. The molecule has 0 aromatic heterocycles. The van der Waals surface area contributed by atoms with E-state index in [1.54, 1.807) is 13.8 Å². The molecule has 0 aliphatic rings. The number of rotatable bonds is 5. The SMILES string of the molecule is COc1ccc(S(N)(=O)=O)c(NS(=O)(=O)c2c(C)c(C)cc(C)c2C)c1. The molecule has 0 fully saturated rings. The lowest BCUT2D eigenvalue weighted by molar-refractivity contribution is 0.414. The normalized spacial score (nSPS) is 12.1. The maximum atomic E-state index is 13.0. The standard InChI is InChI=1S/C17H22N2O5S2/c1-10-8-11(2)13(4)17(12(10)3)26(22,23)19-15-9-14(24-5)6-7-16(15)25(18,20)21/h6-9,19H,1-5H3,(H2,18,20,21). The van der Waals surface area contributed by atoms with E-state index in [1.807, 2.05) is 19.9 Å². The van der Waals surface area contributed by atoms with Crippen molar-refractivity contribution in [3.8, 4) is 5.75 Å². The van der Waals surface area contributed by atoms with E-state index in [2.05, 4.69) is 4.72 Å². The highest BCUT2D eigenvalue weighted by atomic mass is 32.2. The molecule has 142 valence electrons. The van der Waals surface area contributed by atoms with Crippen molar-refractivity contribution in [1.29, 1.82) is 0 Å². The number of nitrogens with one attached hydrogen (secondary N) is 1. The predicted octanol–water partition coefficient (Wildman–Crippen LogP) is 2.38. The zero-order chi connectivity index (χ0) is 19.9. The van der Waals surface area contributed by atoms with E-state index in [4.69, 9.17) is 9.88 Å². The van der Waals surface area contributed by atoms with E-state index in [0.717, 1.165) is 11.1 Å². The van der Waals surface area contributed by atoms with E-state index in [9.17, 15) is 16.8 Å². The second-order valence-electron chi connectivity index (χ2n) is 6.10. The zero-order valence-corrected chi connectivity index (χ0v) is 16.9. The Morgan fingerprint density at radius 2 is 1.46 bits per heavy atom. The van der Waals surface area contributed by atoms with Gasteiger partial charge in [-0.05, 0) is 62.1 Å². The summed E-state index contributed by atoms with van der Waals surface area (Å²) in [5.41, 5.74) is 2.68. The molecule has 0 bridgehead atoms. The minimum absolute atomic E-state index is 0.123. The minimum Gasteiger partial charge on any atom is -0.497 e. The third-order valence-corrected chi connectivity index (χ3v) is 6.91. The van der Waals surface area contributed by atoms with Gasteiger partial charge in [0.15, 0.2) is 0 Å². The number of hydrogen-bond acceptors (Lipinski definition) is 5. The number of ether oxygens (including phenoxy) is 1. The van der Waals surface area contributed by atoms with Crippen LogP contribution in [0.4, 0.5) is 5.69 Å². The first-order valence-electron chi connectivity index (χ1n) is 7.69. The molecule has 7 nitrogen and oxygen atoms in total. The highest BCUT2D eigenvalue weighted by Crippen LogP contribution is 2.31. The van der Waals surface area contributed by atoms with Crippen molar-refractivity contribution < 1.29 is 21.6 Å². The summed E-state index contributed by atoms with van der Waals surface area (Å²) in [7, 11) is -6.79. The third kappa shape index (κ3) is 3.84. The number of anilines is 1. The Morgan fingerprint density at radius 1 is 0.923 bits per heavy atom. The van der Waals surface area contributed by atoms with Crippen LogP contribution < -0.4 is 14.6 Å². The maximum absolute atomic E-state index is 13.0. The average Bonchev–Trinajstić information content (AvgIpc) is 2.51. The second kappa shape index (κ2) is 6.90. The Labute approximate surface area is 154 Å². The lowest BCUT2D eigenvalue weighted by Gasteiger charge is -2.18. The van der Waals surface area contributed by atoms with E-state index in [1.165, 1.54) is 25.3 Å². The molecule has 0 saturated heterocycles. The highest BCUT2D eigenvalue weighted by Gasteiger charge is 2.25. The van der Waals surface area contributed by atoms with Crippen LogP contribution in [-0.4, -0.2) is 23.9 Å². The van der Waals surface area contributed by atoms with Gasteiger partial charge in [0.2, 0.25) is 10.0 Å². The summed E-state index contributed by atoms with van der Waals surface area (Å²) in [5.74, 6) is 0.295. The van der Waals surface area contributed by atoms with Gasteiger partial charge in [-0.1, -0.05) is 6.07 Å². The fourth-order valence-corrected chi connectivity index (χ4v) is 5.17. The number of methoxy groups -OCH3 is 1. The summed E-state index contributed by atoms with van der Waals surface area (Å²) in [4.78, 5) is -0.209. The Kier molecular flexibility index (Phi) is 5.36.